The smallest absolute Gasteiger partial charge is 0.203 e. The number of nitrogens with zero attached hydrogens (tertiary/aromatic N) is 2. The normalized spacial score (nSPS) is 14.7. The number of nitrogen functional groups attached to an aromatic ring is 1. The zero-order valence-electron chi connectivity index (χ0n) is 15.2. The molecule has 0 bridgehead atoms. The standard InChI is InChI=1S/C18H24N4O4/c1-23-14-8-11(9-15(24-2)16(14)25-3)13-10-20-17(19)18(22-13)21-12-4-6-26-7-5-12/h8-10,12H,4-7H2,1-3H3,(H2,19,20)(H,21,22). The number of nitrogens with one attached hydrogen (secondary N) is 1. The van der Waals surface area contributed by atoms with Crippen LogP contribution in [-0.2, 0) is 4.74 Å². The molecule has 1 aliphatic heterocycles. The largest absolute Gasteiger partial charge is 0.493 e. The number of anilines is 2. The number of benzene rings is 1. The second-order valence-electron chi connectivity index (χ2n) is 5.93. The monoisotopic (exact) mass is 360 g/mol. The quantitative estimate of drug-likeness (QED) is 0.809. The van der Waals surface area contributed by atoms with Crippen molar-refractivity contribution in [1.29, 1.82) is 0 Å². The molecule has 1 aromatic carbocycles. The first-order valence-corrected chi connectivity index (χ1v) is 8.43. The molecule has 0 amide bonds. The molecule has 0 spiro atoms. The van der Waals surface area contributed by atoms with Gasteiger partial charge >= 0.3 is 0 Å². The fourth-order valence-corrected chi connectivity index (χ4v) is 2.91. The predicted octanol–water partition coefficient (Wildman–Crippen LogP) is 2.34. The average molecular weight is 360 g/mol. The average Bonchev–Trinajstić information content (AvgIpc) is 2.69. The molecule has 0 radical (unpaired) electrons. The highest BCUT2D eigenvalue weighted by Gasteiger charge is 2.18. The minimum Gasteiger partial charge on any atom is -0.493 e. The number of aromatic nitrogens is 2. The Bertz CT molecular complexity index is 738. The number of methoxy groups -OCH3 is 3. The number of hydrogen-bond donors (Lipinski definition) is 2. The van der Waals surface area contributed by atoms with Crippen LogP contribution < -0.4 is 25.3 Å². The first-order chi connectivity index (χ1) is 12.7. The molecule has 2 heterocycles. The summed E-state index contributed by atoms with van der Waals surface area (Å²) >= 11 is 0. The van der Waals surface area contributed by atoms with Crippen LogP contribution in [0.2, 0.25) is 0 Å². The summed E-state index contributed by atoms with van der Waals surface area (Å²) in [6.07, 6.45) is 3.45. The van der Waals surface area contributed by atoms with Crippen molar-refractivity contribution in [3.63, 3.8) is 0 Å². The van der Waals surface area contributed by atoms with Gasteiger partial charge in [-0.3, -0.25) is 0 Å². The van der Waals surface area contributed by atoms with E-state index in [-0.39, 0.29) is 6.04 Å². The van der Waals surface area contributed by atoms with Crippen LogP contribution in [0.1, 0.15) is 12.8 Å². The predicted molar refractivity (Wildman–Crippen MR) is 99.0 cm³/mol. The Balaban J connectivity index is 1.95. The summed E-state index contributed by atoms with van der Waals surface area (Å²) in [6.45, 7) is 1.47. The van der Waals surface area contributed by atoms with Crippen molar-refractivity contribution < 1.29 is 18.9 Å². The van der Waals surface area contributed by atoms with Crippen molar-refractivity contribution >= 4 is 11.6 Å². The molecule has 1 saturated heterocycles. The van der Waals surface area contributed by atoms with Crippen LogP contribution >= 0.6 is 0 Å². The van der Waals surface area contributed by atoms with E-state index < -0.39 is 0 Å². The molecule has 8 nitrogen and oxygen atoms in total. The van der Waals surface area contributed by atoms with Gasteiger partial charge in [0.05, 0.1) is 33.2 Å². The molecule has 3 N–H and O–H groups in total. The van der Waals surface area contributed by atoms with E-state index in [0.29, 0.717) is 34.6 Å². The Kier molecular flexibility index (Phi) is 5.62. The first-order valence-electron chi connectivity index (χ1n) is 8.43. The molecule has 2 aromatic rings. The Hall–Kier alpha value is -2.74. The molecule has 1 aliphatic rings. The summed E-state index contributed by atoms with van der Waals surface area (Å²) in [4.78, 5) is 8.93. The van der Waals surface area contributed by atoms with E-state index in [9.17, 15) is 0 Å². The van der Waals surface area contributed by atoms with E-state index in [0.717, 1.165) is 31.6 Å². The lowest BCUT2D eigenvalue weighted by atomic mass is 10.1. The van der Waals surface area contributed by atoms with Crippen LogP contribution in [-0.4, -0.2) is 50.6 Å². The second-order valence-corrected chi connectivity index (χ2v) is 5.93. The van der Waals surface area contributed by atoms with Gasteiger partial charge in [0.2, 0.25) is 5.75 Å². The third kappa shape index (κ3) is 3.75. The Morgan fingerprint density at radius 3 is 2.31 bits per heavy atom. The highest BCUT2D eigenvalue weighted by Crippen LogP contribution is 2.41. The molecule has 3 rings (SSSR count). The summed E-state index contributed by atoms with van der Waals surface area (Å²) in [6, 6.07) is 3.94. The zero-order valence-corrected chi connectivity index (χ0v) is 15.2. The van der Waals surface area contributed by atoms with Gasteiger partial charge in [0.1, 0.15) is 0 Å². The summed E-state index contributed by atoms with van der Waals surface area (Å²) < 4.78 is 21.6. The molecule has 0 saturated carbocycles. The molecular weight excluding hydrogens is 336 g/mol. The van der Waals surface area contributed by atoms with E-state index in [1.165, 1.54) is 0 Å². The minimum absolute atomic E-state index is 0.274. The van der Waals surface area contributed by atoms with Gasteiger partial charge in [0.15, 0.2) is 23.1 Å². The fraction of sp³-hybridized carbons (Fsp3) is 0.444. The lowest BCUT2D eigenvalue weighted by Gasteiger charge is -2.24. The Labute approximate surface area is 152 Å². The van der Waals surface area contributed by atoms with Crippen LogP contribution in [0.25, 0.3) is 11.3 Å². The maximum Gasteiger partial charge on any atom is 0.203 e. The number of ether oxygens (including phenoxy) is 4. The summed E-state index contributed by atoms with van der Waals surface area (Å²) in [7, 11) is 4.72. The number of hydrogen-bond acceptors (Lipinski definition) is 8. The SMILES string of the molecule is COc1cc(-c2cnc(N)c(NC3CCOCC3)n2)cc(OC)c1OC. The summed E-state index contributed by atoms with van der Waals surface area (Å²) in [5.41, 5.74) is 7.46. The van der Waals surface area contributed by atoms with Crippen molar-refractivity contribution in [3.05, 3.63) is 18.3 Å². The van der Waals surface area contributed by atoms with Crippen molar-refractivity contribution in [3.8, 4) is 28.5 Å². The van der Waals surface area contributed by atoms with Crippen molar-refractivity contribution in [2.75, 3.05) is 45.6 Å². The van der Waals surface area contributed by atoms with E-state index >= 15 is 0 Å². The van der Waals surface area contributed by atoms with Crippen molar-refractivity contribution in [1.82, 2.24) is 9.97 Å². The van der Waals surface area contributed by atoms with Gasteiger partial charge in [-0.05, 0) is 25.0 Å². The Morgan fingerprint density at radius 2 is 1.73 bits per heavy atom. The van der Waals surface area contributed by atoms with Gasteiger partial charge < -0.3 is 30.0 Å². The van der Waals surface area contributed by atoms with E-state index in [1.54, 1.807) is 27.5 Å². The van der Waals surface area contributed by atoms with Crippen molar-refractivity contribution in [2.45, 2.75) is 18.9 Å². The van der Waals surface area contributed by atoms with Crippen LogP contribution in [0.15, 0.2) is 18.3 Å². The molecule has 1 fully saturated rings. The van der Waals surface area contributed by atoms with Crippen LogP contribution in [0, 0.1) is 0 Å². The van der Waals surface area contributed by atoms with Gasteiger partial charge in [-0.15, -0.1) is 0 Å². The molecule has 0 aliphatic carbocycles. The molecular formula is C18H24N4O4. The summed E-state index contributed by atoms with van der Waals surface area (Å²) in [5, 5.41) is 3.37. The highest BCUT2D eigenvalue weighted by atomic mass is 16.5. The topological polar surface area (TPSA) is 101 Å². The fourth-order valence-electron chi connectivity index (χ4n) is 2.91. The van der Waals surface area contributed by atoms with Gasteiger partial charge in [-0.2, -0.15) is 0 Å². The summed E-state index contributed by atoms with van der Waals surface area (Å²) in [5.74, 6) is 2.58. The second kappa shape index (κ2) is 8.09. The molecule has 0 unspecified atom stereocenters. The van der Waals surface area contributed by atoms with Gasteiger partial charge in [0.25, 0.3) is 0 Å². The number of nitrogens with two attached hydrogens (primary N) is 1. The minimum atomic E-state index is 0.274. The van der Waals surface area contributed by atoms with Crippen LogP contribution in [0.5, 0.6) is 17.2 Å². The van der Waals surface area contributed by atoms with E-state index in [2.05, 4.69) is 15.3 Å². The van der Waals surface area contributed by atoms with Gasteiger partial charge in [0, 0.05) is 24.8 Å². The Morgan fingerprint density at radius 1 is 1.08 bits per heavy atom. The van der Waals surface area contributed by atoms with Gasteiger partial charge in [-0.1, -0.05) is 0 Å². The maximum absolute atomic E-state index is 6.01. The van der Waals surface area contributed by atoms with Crippen molar-refractivity contribution in [2.24, 2.45) is 0 Å². The van der Waals surface area contributed by atoms with E-state index in [1.807, 2.05) is 12.1 Å². The van der Waals surface area contributed by atoms with Crippen LogP contribution in [0.3, 0.4) is 0 Å². The molecule has 8 heteroatoms. The lowest BCUT2D eigenvalue weighted by molar-refractivity contribution is 0.0904. The zero-order chi connectivity index (χ0) is 18.5. The molecule has 140 valence electrons. The number of rotatable bonds is 6. The first kappa shape index (κ1) is 18.1. The lowest BCUT2D eigenvalue weighted by Crippen LogP contribution is -2.28. The third-order valence-corrected chi connectivity index (χ3v) is 4.32. The van der Waals surface area contributed by atoms with Crippen LogP contribution in [0.4, 0.5) is 11.6 Å². The molecule has 0 atom stereocenters. The van der Waals surface area contributed by atoms with E-state index in [4.69, 9.17) is 24.7 Å². The van der Waals surface area contributed by atoms with Gasteiger partial charge in [-0.25, -0.2) is 9.97 Å². The maximum atomic E-state index is 6.01. The molecule has 26 heavy (non-hydrogen) atoms. The third-order valence-electron chi connectivity index (χ3n) is 4.32. The molecule has 1 aromatic heterocycles. The highest BCUT2D eigenvalue weighted by molar-refractivity contribution is 5.71.